The average molecular weight is 228 g/mol. The molecule has 0 radical (unpaired) electrons. The Kier molecular flexibility index (Phi) is 3.92. The molecule has 2 aliphatic heterocycles. The summed E-state index contributed by atoms with van der Waals surface area (Å²) in [6.45, 7) is 4.19. The molecule has 1 N–H and O–H groups in total. The van der Waals surface area contributed by atoms with Gasteiger partial charge in [-0.2, -0.15) is 11.8 Å². The first-order valence-corrected chi connectivity index (χ1v) is 7.03. The van der Waals surface area contributed by atoms with Crippen LogP contribution < -0.4 is 5.32 Å². The van der Waals surface area contributed by atoms with E-state index in [-0.39, 0.29) is 0 Å². The van der Waals surface area contributed by atoms with Gasteiger partial charge in [0.2, 0.25) is 5.91 Å². The molecular formula is C11H20N2OS. The van der Waals surface area contributed by atoms with Gasteiger partial charge in [-0.15, -0.1) is 0 Å². The van der Waals surface area contributed by atoms with Gasteiger partial charge in [-0.3, -0.25) is 4.79 Å². The number of carbonyl (C=O) groups is 1. The number of thioether (sulfide) groups is 1. The lowest BCUT2D eigenvalue weighted by atomic mass is 10.1. The third kappa shape index (κ3) is 2.88. The third-order valence-electron chi connectivity index (χ3n) is 3.27. The van der Waals surface area contributed by atoms with E-state index in [1.165, 1.54) is 12.8 Å². The zero-order chi connectivity index (χ0) is 10.7. The summed E-state index contributed by atoms with van der Waals surface area (Å²) in [6, 6.07) is 0.872. The highest BCUT2D eigenvalue weighted by Gasteiger charge is 2.26. The molecule has 0 spiro atoms. The van der Waals surface area contributed by atoms with E-state index in [4.69, 9.17) is 0 Å². The molecule has 2 saturated heterocycles. The molecule has 2 unspecified atom stereocenters. The Morgan fingerprint density at radius 1 is 1.60 bits per heavy atom. The molecule has 2 aliphatic rings. The maximum absolute atomic E-state index is 12.0. The first kappa shape index (κ1) is 11.3. The molecule has 0 aromatic carbocycles. The number of hydrogen-bond donors (Lipinski definition) is 1. The number of nitrogens with one attached hydrogen (secondary N) is 1. The zero-order valence-electron chi connectivity index (χ0n) is 9.37. The summed E-state index contributed by atoms with van der Waals surface area (Å²) in [5, 5.41) is 3.39. The molecule has 2 heterocycles. The maximum atomic E-state index is 12.0. The second kappa shape index (κ2) is 5.21. The van der Waals surface area contributed by atoms with Crippen LogP contribution in [0.4, 0.5) is 0 Å². The highest BCUT2D eigenvalue weighted by molar-refractivity contribution is 7.99. The van der Waals surface area contributed by atoms with E-state index in [1.54, 1.807) is 0 Å². The van der Waals surface area contributed by atoms with Crippen molar-refractivity contribution in [3.63, 3.8) is 0 Å². The molecule has 0 saturated carbocycles. The number of amides is 1. The van der Waals surface area contributed by atoms with Gasteiger partial charge in [0, 0.05) is 36.6 Å². The van der Waals surface area contributed by atoms with Crippen molar-refractivity contribution in [2.75, 3.05) is 24.6 Å². The number of rotatable bonds is 2. The normalized spacial score (nSPS) is 31.9. The van der Waals surface area contributed by atoms with Crippen molar-refractivity contribution < 1.29 is 4.79 Å². The molecule has 0 aliphatic carbocycles. The summed E-state index contributed by atoms with van der Waals surface area (Å²) in [6.07, 6.45) is 3.10. The summed E-state index contributed by atoms with van der Waals surface area (Å²) in [7, 11) is 0. The average Bonchev–Trinajstić information content (AvgIpc) is 2.71. The molecule has 2 fully saturated rings. The van der Waals surface area contributed by atoms with Crippen molar-refractivity contribution in [2.45, 2.75) is 38.3 Å². The first-order valence-electron chi connectivity index (χ1n) is 5.88. The van der Waals surface area contributed by atoms with E-state index >= 15 is 0 Å². The van der Waals surface area contributed by atoms with Crippen LogP contribution in [0.3, 0.4) is 0 Å². The highest BCUT2D eigenvalue weighted by atomic mass is 32.2. The van der Waals surface area contributed by atoms with E-state index in [0.29, 0.717) is 24.4 Å². The van der Waals surface area contributed by atoms with Crippen LogP contribution in [-0.2, 0) is 4.79 Å². The second-order valence-electron chi connectivity index (χ2n) is 4.51. The largest absolute Gasteiger partial charge is 0.338 e. The molecule has 3 nitrogen and oxygen atoms in total. The van der Waals surface area contributed by atoms with Crippen LogP contribution >= 0.6 is 11.8 Å². The van der Waals surface area contributed by atoms with Crippen molar-refractivity contribution in [2.24, 2.45) is 0 Å². The molecule has 86 valence electrons. The van der Waals surface area contributed by atoms with Crippen LogP contribution in [0.1, 0.15) is 26.2 Å². The quantitative estimate of drug-likeness (QED) is 0.768. The van der Waals surface area contributed by atoms with Crippen molar-refractivity contribution >= 4 is 17.7 Å². The van der Waals surface area contributed by atoms with Crippen molar-refractivity contribution in [3.05, 3.63) is 0 Å². The smallest absolute Gasteiger partial charge is 0.224 e. The molecule has 2 rings (SSSR count). The monoisotopic (exact) mass is 228 g/mol. The maximum Gasteiger partial charge on any atom is 0.224 e. The SMILES string of the molecule is CC1CSCCN1C(=O)CC1CCCN1. The Morgan fingerprint density at radius 2 is 2.47 bits per heavy atom. The Labute approximate surface area is 96.0 Å². The Bertz CT molecular complexity index is 229. The van der Waals surface area contributed by atoms with Gasteiger partial charge in [0.25, 0.3) is 0 Å². The molecule has 0 aromatic rings. The summed E-state index contributed by atoms with van der Waals surface area (Å²) in [5.41, 5.74) is 0. The predicted octanol–water partition coefficient (Wildman–Crippen LogP) is 1.09. The topological polar surface area (TPSA) is 32.3 Å². The van der Waals surface area contributed by atoms with E-state index in [1.807, 2.05) is 11.8 Å². The van der Waals surface area contributed by atoms with Crippen LogP contribution in [0, 0.1) is 0 Å². The number of nitrogens with zero attached hydrogens (tertiary/aromatic N) is 1. The van der Waals surface area contributed by atoms with Crippen LogP contribution in [0.5, 0.6) is 0 Å². The van der Waals surface area contributed by atoms with Gasteiger partial charge in [0.1, 0.15) is 0 Å². The lowest BCUT2D eigenvalue weighted by molar-refractivity contribution is -0.133. The van der Waals surface area contributed by atoms with Gasteiger partial charge in [0.15, 0.2) is 0 Å². The molecule has 1 amide bonds. The van der Waals surface area contributed by atoms with Gasteiger partial charge >= 0.3 is 0 Å². The lowest BCUT2D eigenvalue weighted by Gasteiger charge is -2.33. The first-order chi connectivity index (χ1) is 7.27. The Hall–Kier alpha value is -0.220. The van der Waals surface area contributed by atoms with E-state index in [2.05, 4.69) is 17.1 Å². The van der Waals surface area contributed by atoms with Crippen LogP contribution in [0.2, 0.25) is 0 Å². The number of carbonyl (C=O) groups excluding carboxylic acids is 1. The van der Waals surface area contributed by atoms with Gasteiger partial charge in [-0.1, -0.05) is 0 Å². The summed E-state index contributed by atoms with van der Waals surface area (Å²) >= 11 is 1.96. The minimum absolute atomic E-state index is 0.349. The molecule has 0 aromatic heterocycles. The predicted molar refractivity (Wildman–Crippen MR) is 64.1 cm³/mol. The summed E-state index contributed by atoms with van der Waals surface area (Å²) < 4.78 is 0. The highest BCUT2D eigenvalue weighted by Crippen LogP contribution is 2.18. The standard InChI is InChI=1S/C11H20N2OS/c1-9-8-15-6-5-13(9)11(14)7-10-3-2-4-12-10/h9-10,12H,2-8H2,1H3. The lowest BCUT2D eigenvalue weighted by Crippen LogP contribution is -2.46. The molecule has 2 atom stereocenters. The zero-order valence-corrected chi connectivity index (χ0v) is 10.2. The van der Waals surface area contributed by atoms with Gasteiger partial charge in [-0.05, 0) is 26.3 Å². The molecular weight excluding hydrogens is 208 g/mol. The fourth-order valence-corrected chi connectivity index (χ4v) is 3.37. The third-order valence-corrected chi connectivity index (χ3v) is 4.46. The van der Waals surface area contributed by atoms with E-state index in [9.17, 15) is 4.79 Å². The van der Waals surface area contributed by atoms with Crippen molar-refractivity contribution in [3.8, 4) is 0 Å². The van der Waals surface area contributed by atoms with Crippen molar-refractivity contribution in [1.29, 1.82) is 0 Å². The van der Waals surface area contributed by atoms with Gasteiger partial charge < -0.3 is 10.2 Å². The van der Waals surface area contributed by atoms with Crippen LogP contribution in [0.15, 0.2) is 0 Å². The minimum atomic E-state index is 0.349. The molecule has 15 heavy (non-hydrogen) atoms. The van der Waals surface area contributed by atoms with Crippen LogP contribution in [0.25, 0.3) is 0 Å². The van der Waals surface area contributed by atoms with Gasteiger partial charge in [0.05, 0.1) is 0 Å². The van der Waals surface area contributed by atoms with Crippen molar-refractivity contribution in [1.82, 2.24) is 10.2 Å². The number of hydrogen-bond acceptors (Lipinski definition) is 3. The Morgan fingerprint density at radius 3 is 3.13 bits per heavy atom. The second-order valence-corrected chi connectivity index (χ2v) is 5.66. The van der Waals surface area contributed by atoms with Crippen LogP contribution in [-0.4, -0.2) is 47.5 Å². The molecule has 0 bridgehead atoms. The fraction of sp³-hybridized carbons (Fsp3) is 0.909. The van der Waals surface area contributed by atoms with E-state index < -0.39 is 0 Å². The minimum Gasteiger partial charge on any atom is -0.338 e. The summed E-state index contributed by atoms with van der Waals surface area (Å²) in [4.78, 5) is 14.1. The van der Waals surface area contributed by atoms with E-state index in [0.717, 1.165) is 24.6 Å². The fourth-order valence-electron chi connectivity index (χ4n) is 2.36. The van der Waals surface area contributed by atoms with Gasteiger partial charge in [-0.25, -0.2) is 0 Å². The molecule has 4 heteroatoms. The summed E-state index contributed by atoms with van der Waals surface area (Å²) in [5.74, 6) is 2.56. The Balaban J connectivity index is 1.83.